The van der Waals surface area contributed by atoms with Gasteiger partial charge in [-0.3, -0.25) is 0 Å². The summed E-state index contributed by atoms with van der Waals surface area (Å²) in [7, 11) is 0. The number of aryl methyl sites for hydroxylation is 2. The van der Waals surface area contributed by atoms with Crippen LogP contribution in [0.5, 0.6) is 5.75 Å². The Morgan fingerprint density at radius 2 is 1.83 bits per heavy atom. The fourth-order valence-electron chi connectivity index (χ4n) is 3.91. The summed E-state index contributed by atoms with van der Waals surface area (Å²) < 4.78 is 16.0. The number of hydrogen-bond acceptors (Lipinski definition) is 2. The van der Waals surface area contributed by atoms with E-state index in [0.29, 0.717) is 19.0 Å². The molecule has 0 bridgehead atoms. The van der Waals surface area contributed by atoms with Crippen LogP contribution >= 0.6 is 0 Å². The monoisotopic (exact) mass is 387 g/mol. The minimum atomic E-state index is 0.448. The van der Waals surface area contributed by atoms with E-state index in [-0.39, 0.29) is 0 Å². The summed E-state index contributed by atoms with van der Waals surface area (Å²) >= 11 is 0. The van der Waals surface area contributed by atoms with Crippen molar-refractivity contribution in [1.29, 1.82) is 0 Å². The van der Waals surface area contributed by atoms with Crippen molar-refractivity contribution in [1.82, 2.24) is 4.57 Å². The van der Waals surface area contributed by atoms with Crippen molar-refractivity contribution in [2.24, 2.45) is 0 Å². The zero-order valence-electron chi connectivity index (χ0n) is 17.4. The van der Waals surface area contributed by atoms with Crippen molar-refractivity contribution in [2.45, 2.75) is 27.3 Å². The van der Waals surface area contributed by atoms with Gasteiger partial charge in [-0.05, 0) is 44.5 Å². The Morgan fingerprint density at radius 3 is 2.55 bits per heavy atom. The van der Waals surface area contributed by atoms with Crippen molar-refractivity contribution in [3.8, 4) is 22.8 Å². The minimum Gasteiger partial charge on any atom is -0.490 e. The third-order valence-corrected chi connectivity index (χ3v) is 5.30. The molecule has 0 amide bonds. The molecule has 29 heavy (non-hydrogen) atoms. The Labute approximate surface area is 172 Å². The molecule has 4 heteroatoms. The van der Waals surface area contributed by atoms with Gasteiger partial charge in [0, 0.05) is 16.7 Å². The van der Waals surface area contributed by atoms with Crippen LogP contribution in [-0.4, -0.2) is 17.8 Å². The number of allylic oxidation sites excluding steroid dienone is 1. The molecular formula is C25H27N2O2+. The highest BCUT2D eigenvalue weighted by Crippen LogP contribution is 2.32. The van der Waals surface area contributed by atoms with E-state index in [2.05, 4.69) is 84.9 Å². The van der Waals surface area contributed by atoms with Crippen LogP contribution in [0.2, 0.25) is 0 Å². The molecule has 0 unspecified atom stereocenters. The molecule has 0 fully saturated rings. The standard InChI is InChI=1S/C25H27N2O2/c1-17(2)20(5)28-12-13-29-22-14-18(3)24(19(4)15-22)27-11-10-26-16-21-8-6-7-9-23(21)25(26)27/h6-11,14-15H,1,5,12-13,16H2,2-4H3/q+1. The summed E-state index contributed by atoms with van der Waals surface area (Å²) in [4.78, 5) is 0. The van der Waals surface area contributed by atoms with Crippen LogP contribution in [0, 0.1) is 13.8 Å². The molecule has 0 spiro atoms. The summed E-state index contributed by atoms with van der Waals surface area (Å²) in [5, 5.41) is 0. The van der Waals surface area contributed by atoms with Crippen LogP contribution in [0.3, 0.4) is 0 Å². The van der Waals surface area contributed by atoms with Crippen molar-refractivity contribution < 1.29 is 14.0 Å². The van der Waals surface area contributed by atoms with Crippen molar-refractivity contribution in [3.63, 3.8) is 0 Å². The Bertz CT molecular complexity index is 1080. The van der Waals surface area contributed by atoms with Gasteiger partial charge >= 0.3 is 0 Å². The molecule has 4 rings (SSSR count). The number of rotatable bonds is 7. The number of nitrogens with zero attached hydrogens (tertiary/aromatic N) is 2. The molecule has 0 atom stereocenters. The average molecular weight is 388 g/mol. The Balaban J connectivity index is 1.56. The van der Waals surface area contributed by atoms with Gasteiger partial charge in [0.15, 0.2) is 0 Å². The van der Waals surface area contributed by atoms with Crippen molar-refractivity contribution in [2.75, 3.05) is 13.2 Å². The van der Waals surface area contributed by atoms with Crippen LogP contribution in [0.25, 0.3) is 17.1 Å². The Kier molecular flexibility index (Phi) is 5.01. The average Bonchev–Trinajstić information content (AvgIpc) is 3.24. The quantitative estimate of drug-likeness (QED) is 0.195. The van der Waals surface area contributed by atoms with Crippen molar-refractivity contribution in [3.05, 3.63) is 90.0 Å². The van der Waals surface area contributed by atoms with Crippen LogP contribution in [-0.2, 0) is 11.3 Å². The number of ether oxygens (including phenoxy) is 2. The van der Waals surface area contributed by atoms with Crippen LogP contribution < -0.4 is 9.30 Å². The fraction of sp³-hybridized carbons (Fsp3) is 0.240. The molecule has 2 aromatic carbocycles. The number of aromatic nitrogens is 2. The second kappa shape index (κ2) is 7.63. The number of imidazole rings is 1. The summed E-state index contributed by atoms with van der Waals surface area (Å²) in [6, 6.07) is 12.8. The predicted molar refractivity (Wildman–Crippen MR) is 115 cm³/mol. The molecule has 1 aromatic heterocycles. The third-order valence-electron chi connectivity index (χ3n) is 5.30. The van der Waals surface area contributed by atoms with Gasteiger partial charge in [0.1, 0.15) is 49.3 Å². The predicted octanol–water partition coefficient (Wildman–Crippen LogP) is 4.90. The molecular weight excluding hydrogens is 360 g/mol. The molecule has 0 radical (unpaired) electrons. The van der Waals surface area contributed by atoms with Gasteiger partial charge in [-0.15, -0.1) is 0 Å². The zero-order chi connectivity index (χ0) is 20.5. The summed E-state index contributed by atoms with van der Waals surface area (Å²) in [6.45, 7) is 15.6. The van der Waals surface area contributed by atoms with E-state index in [4.69, 9.17) is 9.47 Å². The lowest BCUT2D eigenvalue weighted by molar-refractivity contribution is -0.671. The smallest absolute Gasteiger partial charge is 0.294 e. The lowest BCUT2D eigenvalue weighted by Crippen LogP contribution is -2.30. The first kappa shape index (κ1) is 19.1. The van der Waals surface area contributed by atoms with E-state index in [0.717, 1.165) is 17.9 Å². The molecule has 1 aliphatic heterocycles. The van der Waals surface area contributed by atoms with Crippen molar-refractivity contribution >= 4 is 0 Å². The molecule has 0 saturated carbocycles. The van der Waals surface area contributed by atoms with Crippen LogP contribution in [0.15, 0.2) is 73.3 Å². The molecule has 2 heterocycles. The summed E-state index contributed by atoms with van der Waals surface area (Å²) in [5.74, 6) is 2.69. The second-order valence-corrected chi connectivity index (χ2v) is 7.58. The maximum atomic E-state index is 5.91. The van der Waals surface area contributed by atoms with E-state index in [1.807, 2.05) is 6.92 Å². The van der Waals surface area contributed by atoms with Gasteiger partial charge in [-0.1, -0.05) is 31.4 Å². The first-order valence-electron chi connectivity index (χ1n) is 9.87. The molecule has 3 aromatic rings. The Hall–Kier alpha value is -3.27. The largest absolute Gasteiger partial charge is 0.490 e. The maximum Gasteiger partial charge on any atom is 0.294 e. The highest BCUT2D eigenvalue weighted by Gasteiger charge is 2.30. The van der Waals surface area contributed by atoms with Gasteiger partial charge < -0.3 is 9.47 Å². The van der Waals surface area contributed by atoms with Gasteiger partial charge in [-0.2, -0.15) is 4.57 Å². The third kappa shape index (κ3) is 3.58. The lowest BCUT2D eigenvalue weighted by atomic mass is 10.1. The number of hydrogen-bond donors (Lipinski definition) is 0. The van der Waals surface area contributed by atoms with Crippen LogP contribution in [0.1, 0.15) is 23.6 Å². The zero-order valence-corrected chi connectivity index (χ0v) is 17.4. The highest BCUT2D eigenvalue weighted by molar-refractivity contribution is 5.64. The molecule has 0 saturated heterocycles. The van der Waals surface area contributed by atoms with Gasteiger partial charge in [0.05, 0.1) is 5.56 Å². The molecule has 1 aliphatic rings. The molecule has 4 nitrogen and oxygen atoms in total. The van der Waals surface area contributed by atoms with Crippen LogP contribution in [0.4, 0.5) is 0 Å². The van der Waals surface area contributed by atoms with E-state index in [1.165, 1.54) is 33.8 Å². The minimum absolute atomic E-state index is 0.448. The van der Waals surface area contributed by atoms with Gasteiger partial charge in [0.25, 0.3) is 5.82 Å². The van der Waals surface area contributed by atoms with E-state index < -0.39 is 0 Å². The topological polar surface area (TPSA) is 27.3 Å². The fourth-order valence-corrected chi connectivity index (χ4v) is 3.91. The first-order valence-corrected chi connectivity index (χ1v) is 9.87. The first-order chi connectivity index (χ1) is 14.0. The lowest BCUT2D eigenvalue weighted by Gasteiger charge is -2.13. The molecule has 0 N–H and O–H groups in total. The molecule has 0 aliphatic carbocycles. The second-order valence-electron chi connectivity index (χ2n) is 7.58. The van der Waals surface area contributed by atoms with E-state index >= 15 is 0 Å². The number of benzene rings is 2. The summed E-state index contributed by atoms with van der Waals surface area (Å²) in [5.41, 5.74) is 7.05. The van der Waals surface area contributed by atoms with E-state index in [9.17, 15) is 0 Å². The van der Waals surface area contributed by atoms with Gasteiger partial charge in [0.2, 0.25) is 0 Å². The maximum absolute atomic E-state index is 5.91. The SMILES string of the molecule is C=C(C)C(=C)OCCOc1cc(C)c(-n2cc[n+]3c2-c2ccccc2C3)c(C)c1. The molecule has 148 valence electrons. The summed E-state index contributed by atoms with van der Waals surface area (Å²) in [6.07, 6.45) is 4.31. The Morgan fingerprint density at radius 1 is 1.10 bits per heavy atom. The number of fused-ring (bicyclic) bond motifs is 3. The normalized spacial score (nSPS) is 11.7. The highest BCUT2D eigenvalue weighted by atomic mass is 16.5. The van der Waals surface area contributed by atoms with E-state index in [1.54, 1.807) is 0 Å². The van der Waals surface area contributed by atoms with Gasteiger partial charge in [-0.25, -0.2) is 4.57 Å².